The number of esters is 1. The van der Waals surface area contributed by atoms with Crippen molar-refractivity contribution in [2.45, 2.75) is 0 Å². The number of carbonyl (C=O) groups is 1. The zero-order valence-corrected chi connectivity index (χ0v) is 12.7. The van der Waals surface area contributed by atoms with Gasteiger partial charge in [-0.05, 0) is 41.5 Å². The van der Waals surface area contributed by atoms with Gasteiger partial charge in [-0.3, -0.25) is 4.79 Å². The molecule has 0 aliphatic carbocycles. The summed E-state index contributed by atoms with van der Waals surface area (Å²) < 4.78 is 5.07. The number of benzene rings is 2. The van der Waals surface area contributed by atoms with E-state index in [4.69, 9.17) is 16.2 Å². The van der Waals surface area contributed by atoms with E-state index in [1.807, 2.05) is 48.6 Å². The molecule has 0 amide bonds. The van der Waals surface area contributed by atoms with Gasteiger partial charge in [0.25, 0.3) is 0 Å². The Morgan fingerprint density at radius 1 is 0.870 bits per heavy atom. The van der Waals surface area contributed by atoms with Crippen LogP contribution in [0.1, 0.15) is 11.1 Å². The molecular weight excluding hydrogens is 288 g/mol. The van der Waals surface area contributed by atoms with Crippen LogP contribution in [0.25, 0.3) is 12.2 Å². The number of carbonyl (C=O) groups excluding carboxylic acids is 1. The summed E-state index contributed by atoms with van der Waals surface area (Å²) in [6.07, 6.45) is 8.49. The summed E-state index contributed by atoms with van der Waals surface area (Å²) in [5, 5.41) is 0. The average Bonchev–Trinajstić information content (AvgIpc) is 2.55. The summed E-state index contributed by atoms with van der Waals surface area (Å²) in [5.74, 6) is -0.390. The SMILES string of the molecule is Nc1ccc(/C=C/[CH]C(=O)OC/C=C/c2ccc(N)cc2)cc1. The standard InChI is InChI=1S/C19H19N2O2/c20-17-10-6-15(7-11-17)3-1-5-19(22)23-14-2-4-16-8-12-18(21)13-9-16/h1-13H,14,20-21H2/b3-1+,4-2+. The van der Waals surface area contributed by atoms with Gasteiger partial charge in [0.1, 0.15) is 6.61 Å². The highest BCUT2D eigenvalue weighted by molar-refractivity contribution is 5.82. The maximum Gasteiger partial charge on any atom is 0.314 e. The Balaban J connectivity index is 1.70. The fraction of sp³-hybridized carbons (Fsp3) is 0.0526. The molecular formula is C19H19N2O2. The smallest absolute Gasteiger partial charge is 0.314 e. The first-order valence-electron chi connectivity index (χ1n) is 7.19. The fourth-order valence-corrected chi connectivity index (χ4v) is 1.81. The van der Waals surface area contributed by atoms with Crippen LogP contribution in [0.4, 0.5) is 11.4 Å². The lowest BCUT2D eigenvalue weighted by atomic mass is 10.2. The van der Waals surface area contributed by atoms with Crippen molar-refractivity contribution < 1.29 is 9.53 Å². The molecule has 0 heterocycles. The van der Waals surface area contributed by atoms with Crippen LogP contribution in [0.2, 0.25) is 0 Å². The van der Waals surface area contributed by atoms with Crippen LogP contribution in [0.5, 0.6) is 0 Å². The number of hydrogen-bond donors (Lipinski definition) is 2. The molecule has 4 heteroatoms. The molecule has 0 bridgehead atoms. The van der Waals surface area contributed by atoms with Gasteiger partial charge in [-0.2, -0.15) is 0 Å². The number of hydrogen-bond acceptors (Lipinski definition) is 4. The van der Waals surface area contributed by atoms with E-state index in [1.165, 1.54) is 6.42 Å². The zero-order valence-electron chi connectivity index (χ0n) is 12.7. The van der Waals surface area contributed by atoms with Gasteiger partial charge >= 0.3 is 5.97 Å². The summed E-state index contributed by atoms with van der Waals surface area (Å²) in [4.78, 5) is 11.5. The highest BCUT2D eigenvalue weighted by atomic mass is 16.5. The van der Waals surface area contributed by atoms with Crippen LogP contribution >= 0.6 is 0 Å². The summed E-state index contributed by atoms with van der Waals surface area (Å²) in [6.45, 7) is 0.218. The molecule has 0 saturated heterocycles. The topological polar surface area (TPSA) is 78.3 Å². The van der Waals surface area contributed by atoms with Gasteiger partial charge in [0.15, 0.2) is 0 Å². The third-order valence-electron chi connectivity index (χ3n) is 3.03. The first-order chi connectivity index (χ1) is 11.1. The van der Waals surface area contributed by atoms with Crippen LogP contribution in [0.15, 0.2) is 60.7 Å². The van der Waals surface area contributed by atoms with Crippen molar-refractivity contribution in [1.29, 1.82) is 0 Å². The molecule has 0 fully saturated rings. The number of ether oxygens (including phenoxy) is 1. The van der Waals surface area contributed by atoms with Gasteiger partial charge in [-0.1, -0.05) is 42.5 Å². The van der Waals surface area contributed by atoms with Crippen molar-refractivity contribution in [2.75, 3.05) is 18.1 Å². The predicted molar refractivity (Wildman–Crippen MR) is 95.0 cm³/mol. The average molecular weight is 307 g/mol. The van der Waals surface area contributed by atoms with E-state index in [1.54, 1.807) is 24.3 Å². The zero-order chi connectivity index (χ0) is 16.5. The molecule has 23 heavy (non-hydrogen) atoms. The minimum atomic E-state index is -0.390. The maximum atomic E-state index is 11.5. The molecule has 0 aliphatic rings. The molecule has 0 spiro atoms. The summed E-state index contributed by atoms with van der Waals surface area (Å²) in [7, 11) is 0. The number of nitrogens with two attached hydrogens (primary N) is 2. The fourth-order valence-electron chi connectivity index (χ4n) is 1.81. The van der Waals surface area contributed by atoms with E-state index in [9.17, 15) is 4.79 Å². The Morgan fingerprint density at radius 2 is 1.39 bits per heavy atom. The Bertz CT molecular complexity index is 686. The molecule has 0 atom stereocenters. The molecule has 4 nitrogen and oxygen atoms in total. The largest absolute Gasteiger partial charge is 0.461 e. The molecule has 4 N–H and O–H groups in total. The lowest BCUT2D eigenvalue weighted by molar-refractivity contribution is -0.137. The van der Waals surface area contributed by atoms with Crippen molar-refractivity contribution in [3.63, 3.8) is 0 Å². The van der Waals surface area contributed by atoms with Crippen LogP contribution in [-0.2, 0) is 9.53 Å². The minimum Gasteiger partial charge on any atom is -0.461 e. The van der Waals surface area contributed by atoms with Gasteiger partial charge in [0.05, 0.1) is 6.42 Å². The van der Waals surface area contributed by atoms with Crippen molar-refractivity contribution in [3.05, 3.63) is 78.2 Å². The number of anilines is 2. The van der Waals surface area contributed by atoms with Gasteiger partial charge in [-0.15, -0.1) is 0 Å². The van der Waals surface area contributed by atoms with Crippen LogP contribution in [0, 0.1) is 6.42 Å². The summed E-state index contributed by atoms with van der Waals surface area (Å²) in [5.41, 5.74) is 14.6. The maximum absolute atomic E-state index is 11.5. The van der Waals surface area contributed by atoms with E-state index in [-0.39, 0.29) is 6.61 Å². The number of nitrogen functional groups attached to an aromatic ring is 2. The Kier molecular flexibility index (Phi) is 6.00. The Hall–Kier alpha value is -3.01. The molecule has 0 aliphatic heterocycles. The second-order valence-electron chi connectivity index (χ2n) is 4.89. The lowest BCUT2D eigenvalue weighted by Gasteiger charge is -1.99. The van der Waals surface area contributed by atoms with Crippen molar-refractivity contribution in [1.82, 2.24) is 0 Å². The first kappa shape index (κ1) is 16.4. The molecule has 2 aromatic carbocycles. The molecule has 2 aromatic rings. The monoisotopic (exact) mass is 307 g/mol. The van der Waals surface area contributed by atoms with Gasteiger partial charge < -0.3 is 16.2 Å². The predicted octanol–water partition coefficient (Wildman–Crippen LogP) is 3.33. The summed E-state index contributed by atoms with van der Waals surface area (Å²) in [6, 6.07) is 14.8. The van der Waals surface area contributed by atoms with Gasteiger partial charge in [0, 0.05) is 11.4 Å². The normalized spacial score (nSPS) is 11.1. The van der Waals surface area contributed by atoms with E-state index in [2.05, 4.69) is 0 Å². The quantitative estimate of drug-likeness (QED) is 0.634. The Morgan fingerprint density at radius 3 is 1.96 bits per heavy atom. The highest BCUT2D eigenvalue weighted by Gasteiger charge is 1.98. The molecule has 0 aromatic heterocycles. The van der Waals surface area contributed by atoms with Gasteiger partial charge in [0.2, 0.25) is 0 Å². The van der Waals surface area contributed by atoms with Crippen LogP contribution in [-0.4, -0.2) is 12.6 Å². The van der Waals surface area contributed by atoms with Crippen LogP contribution in [0.3, 0.4) is 0 Å². The second kappa shape index (κ2) is 8.44. The third-order valence-corrected chi connectivity index (χ3v) is 3.03. The lowest BCUT2D eigenvalue weighted by Crippen LogP contribution is -2.03. The molecule has 0 saturated carbocycles. The summed E-state index contributed by atoms with van der Waals surface area (Å²) >= 11 is 0. The second-order valence-corrected chi connectivity index (χ2v) is 4.89. The van der Waals surface area contributed by atoms with Crippen molar-refractivity contribution in [3.8, 4) is 0 Å². The molecule has 0 unspecified atom stereocenters. The molecule has 117 valence electrons. The Labute approximate surface area is 136 Å². The van der Waals surface area contributed by atoms with E-state index < -0.39 is 5.97 Å². The van der Waals surface area contributed by atoms with E-state index >= 15 is 0 Å². The van der Waals surface area contributed by atoms with E-state index in [0.29, 0.717) is 5.69 Å². The first-order valence-corrected chi connectivity index (χ1v) is 7.19. The van der Waals surface area contributed by atoms with Crippen molar-refractivity contribution >= 4 is 29.5 Å². The molecule has 2 rings (SSSR count). The molecule has 1 radical (unpaired) electrons. The van der Waals surface area contributed by atoms with Gasteiger partial charge in [-0.25, -0.2) is 0 Å². The number of rotatable bonds is 6. The van der Waals surface area contributed by atoms with E-state index in [0.717, 1.165) is 16.8 Å². The third kappa shape index (κ3) is 6.09. The highest BCUT2D eigenvalue weighted by Crippen LogP contribution is 2.08. The van der Waals surface area contributed by atoms with Crippen molar-refractivity contribution in [2.24, 2.45) is 0 Å². The minimum absolute atomic E-state index is 0.218. The van der Waals surface area contributed by atoms with Crippen LogP contribution < -0.4 is 11.5 Å².